The molecule has 168 valence electrons. The molecule has 0 unspecified atom stereocenters. The number of benzene rings is 2. The molecule has 1 aromatic heterocycles. The number of rotatable bonds is 10. The standard InChI is InChI=1S/C22H24N4O5S/c1-28-15-7-9-17(29-2)16(12-15)23-21(27)13-32-22-24-20(25-26-22)10-6-14-5-8-18(30-3)19(11-14)31-4/h5-12H,13H2,1-4H3,(H,23,27)(H,24,25,26). The van der Waals surface area contributed by atoms with Crippen LogP contribution in [-0.2, 0) is 4.79 Å². The number of carbonyl (C=O) groups is 1. The van der Waals surface area contributed by atoms with E-state index in [4.69, 9.17) is 18.9 Å². The molecule has 0 aliphatic carbocycles. The number of amides is 1. The average molecular weight is 457 g/mol. The number of hydrogen-bond donors (Lipinski definition) is 2. The van der Waals surface area contributed by atoms with Crippen LogP contribution in [0.3, 0.4) is 0 Å². The number of aromatic amines is 1. The maximum atomic E-state index is 12.4. The van der Waals surface area contributed by atoms with Gasteiger partial charge < -0.3 is 24.3 Å². The number of carbonyl (C=O) groups excluding carboxylic acids is 1. The van der Waals surface area contributed by atoms with E-state index >= 15 is 0 Å². The highest BCUT2D eigenvalue weighted by molar-refractivity contribution is 7.99. The third-order valence-corrected chi connectivity index (χ3v) is 5.18. The molecular weight excluding hydrogens is 432 g/mol. The predicted molar refractivity (Wildman–Crippen MR) is 124 cm³/mol. The molecule has 2 N–H and O–H groups in total. The lowest BCUT2D eigenvalue weighted by Crippen LogP contribution is -2.15. The lowest BCUT2D eigenvalue weighted by molar-refractivity contribution is -0.113. The molecule has 0 fully saturated rings. The van der Waals surface area contributed by atoms with E-state index < -0.39 is 0 Å². The Kier molecular flexibility index (Phi) is 7.98. The maximum absolute atomic E-state index is 12.4. The fourth-order valence-corrected chi connectivity index (χ4v) is 3.36. The quantitative estimate of drug-likeness (QED) is 0.444. The summed E-state index contributed by atoms with van der Waals surface area (Å²) in [5.74, 6) is 2.95. The van der Waals surface area contributed by atoms with Gasteiger partial charge in [0.1, 0.15) is 17.3 Å². The van der Waals surface area contributed by atoms with E-state index in [1.165, 1.54) is 18.9 Å². The summed E-state index contributed by atoms with van der Waals surface area (Å²) in [6.45, 7) is 0. The second-order valence-corrected chi connectivity index (χ2v) is 7.30. The van der Waals surface area contributed by atoms with Crippen molar-refractivity contribution in [3.63, 3.8) is 0 Å². The Morgan fingerprint density at radius 2 is 1.72 bits per heavy atom. The van der Waals surface area contributed by atoms with Gasteiger partial charge in [-0.1, -0.05) is 23.9 Å². The van der Waals surface area contributed by atoms with Crippen molar-refractivity contribution in [3.05, 3.63) is 47.8 Å². The normalized spacial score (nSPS) is 10.8. The fraction of sp³-hybridized carbons (Fsp3) is 0.227. The molecule has 0 aliphatic heterocycles. The zero-order valence-electron chi connectivity index (χ0n) is 18.2. The molecule has 0 radical (unpaired) electrons. The summed E-state index contributed by atoms with van der Waals surface area (Å²) in [7, 11) is 6.28. The molecule has 2 aromatic carbocycles. The van der Waals surface area contributed by atoms with E-state index in [1.807, 2.05) is 24.3 Å². The molecule has 0 spiro atoms. The Morgan fingerprint density at radius 1 is 0.969 bits per heavy atom. The first kappa shape index (κ1) is 23.0. The van der Waals surface area contributed by atoms with Gasteiger partial charge in [-0.3, -0.25) is 9.89 Å². The zero-order chi connectivity index (χ0) is 22.9. The smallest absolute Gasteiger partial charge is 0.234 e. The molecule has 0 atom stereocenters. The summed E-state index contributed by atoms with van der Waals surface area (Å²) in [6, 6.07) is 10.8. The molecule has 1 amide bonds. The summed E-state index contributed by atoms with van der Waals surface area (Å²) in [4.78, 5) is 16.7. The Bertz CT molecular complexity index is 1100. The summed E-state index contributed by atoms with van der Waals surface area (Å²) in [6.07, 6.45) is 3.66. The van der Waals surface area contributed by atoms with Gasteiger partial charge >= 0.3 is 0 Å². The minimum absolute atomic E-state index is 0.136. The van der Waals surface area contributed by atoms with Gasteiger partial charge in [-0.05, 0) is 35.9 Å². The zero-order valence-corrected chi connectivity index (χ0v) is 19.0. The second kappa shape index (κ2) is 11.1. The van der Waals surface area contributed by atoms with Crippen molar-refractivity contribution in [3.8, 4) is 23.0 Å². The number of nitrogens with zero attached hydrogens (tertiary/aromatic N) is 2. The third-order valence-electron chi connectivity index (χ3n) is 4.34. The molecule has 0 saturated carbocycles. The van der Waals surface area contributed by atoms with Crippen LogP contribution in [0.2, 0.25) is 0 Å². The SMILES string of the molecule is COc1ccc(OC)c(NC(=O)CSc2n[nH]c(C=Cc3ccc(OC)c(OC)c3)n2)c1. The number of anilines is 1. The number of thioether (sulfide) groups is 1. The van der Waals surface area contributed by atoms with Crippen LogP contribution in [0.5, 0.6) is 23.0 Å². The maximum Gasteiger partial charge on any atom is 0.234 e. The van der Waals surface area contributed by atoms with E-state index in [-0.39, 0.29) is 11.7 Å². The molecule has 1 heterocycles. The first-order chi connectivity index (χ1) is 15.6. The van der Waals surface area contributed by atoms with Gasteiger partial charge in [0.15, 0.2) is 11.5 Å². The molecule has 9 nitrogen and oxygen atoms in total. The lowest BCUT2D eigenvalue weighted by Gasteiger charge is -2.11. The van der Waals surface area contributed by atoms with Gasteiger partial charge in [-0.2, -0.15) is 0 Å². The molecule has 10 heteroatoms. The van der Waals surface area contributed by atoms with Crippen LogP contribution in [0.1, 0.15) is 11.4 Å². The third kappa shape index (κ3) is 5.94. The van der Waals surface area contributed by atoms with E-state index in [0.717, 1.165) is 5.56 Å². The molecule has 0 bridgehead atoms. The van der Waals surface area contributed by atoms with Crippen LogP contribution in [0.25, 0.3) is 12.2 Å². The molecule has 0 saturated heterocycles. The Balaban J connectivity index is 1.57. The summed E-state index contributed by atoms with van der Waals surface area (Å²) in [5, 5.41) is 10.3. The minimum atomic E-state index is -0.214. The van der Waals surface area contributed by atoms with Crippen molar-refractivity contribution < 1.29 is 23.7 Å². The van der Waals surface area contributed by atoms with Crippen molar-refractivity contribution in [2.45, 2.75) is 5.16 Å². The Hall–Kier alpha value is -3.66. The van der Waals surface area contributed by atoms with E-state index in [9.17, 15) is 4.79 Å². The van der Waals surface area contributed by atoms with Crippen LogP contribution in [0, 0.1) is 0 Å². The van der Waals surface area contributed by atoms with Crippen molar-refractivity contribution >= 4 is 35.5 Å². The predicted octanol–water partition coefficient (Wildman–Crippen LogP) is 3.74. The first-order valence-corrected chi connectivity index (χ1v) is 10.5. The monoisotopic (exact) mass is 456 g/mol. The van der Waals surface area contributed by atoms with Crippen LogP contribution >= 0.6 is 11.8 Å². The van der Waals surface area contributed by atoms with Crippen molar-refractivity contribution in [1.82, 2.24) is 15.2 Å². The van der Waals surface area contributed by atoms with Gasteiger partial charge in [0.05, 0.1) is 39.9 Å². The minimum Gasteiger partial charge on any atom is -0.497 e. The summed E-state index contributed by atoms with van der Waals surface area (Å²) < 4.78 is 21.0. The molecule has 0 aliphatic rings. The Morgan fingerprint density at radius 3 is 2.44 bits per heavy atom. The van der Waals surface area contributed by atoms with Gasteiger partial charge in [0.25, 0.3) is 0 Å². The number of nitrogens with one attached hydrogen (secondary N) is 2. The van der Waals surface area contributed by atoms with E-state index in [2.05, 4.69) is 20.5 Å². The van der Waals surface area contributed by atoms with Crippen LogP contribution in [0.15, 0.2) is 41.6 Å². The van der Waals surface area contributed by atoms with Crippen LogP contribution in [0.4, 0.5) is 5.69 Å². The second-order valence-electron chi connectivity index (χ2n) is 6.35. The van der Waals surface area contributed by atoms with Crippen LogP contribution < -0.4 is 24.3 Å². The van der Waals surface area contributed by atoms with Gasteiger partial charge in [-0.15, -0.1) is 5.10 Å². The number of H-pyrrole nitrogens is 1. The summed E-state index contributed by atoms with van der Waals surface area (Å²) in [5.41, 5.74) is 1.45. The number of hydrogen-bond acceptors (Lipinski definition) is 8. The molecule has 3 rings (SSSR count). The topological polar surface area (TPSA) is 108 Å². The van der Waals surface area contributed by atoms with E-state index in [1.54, 1.807) is 45.6 Å². The van der Waals surface area contributed by atoms with Crippen molar-refractivity contribution in [2.75, 3.05) is 39.5 Å². The number of ether oxygens (including phenoxy) is 4. The largest absolute Gasteiger partial charge is 0.497 e. The highest BCUT2D eigenvalue weighted by Gasteiger charge is 2.11. The lowest BCUT2D eigenvalue weighted by atomic mass is 10.2. The van der Waals surface area contributed by atoms with E-state index in [0.29, 0.717) is 39.7 Å². The highest BCUT2D eigenvalue weighted by Crippen LogP contribution is 2.30. The fourth-order valence-electron chi connectivity index (χ4n) is 2.76. The first-order valence-electron chi connectivity index (χ1n) is 9.53. The Labute approximate surface area is 190 Å². The molecule has 32 heavy (non-hydrogen) atoms. The number of aromatic nitrogens is 3. The molecule has 3 aromatic rings. The van der Waals surface area contributed by atoms with Gasteiger partial charge in [-0.25, -0.2) is 4.98 Å². The van der Waals surface area contributed by atoms with Gasteiger partial charge in [0, 0.05) is 6.07 Å². The highest BCUT2D eigenvalue weighted by atomic mass is 32.2. The van der Waals surface area contributed by atoms with Crippen molar-refractivity contribution in [2.24, 2.45) is 0 Å². The summed E-state index contributed by atoms with van der Waals surface area (Å²) >= 11 is 1.22. The van der Waals surface area contributed by atoms with Crippen molar-refractivity contribution in [1.29, 1.82) is 0 Å². The van der Waals surface area contributed by atoms with Crippen LogP contribution in [-0.4, -0.2) is 55.3 Å². The number of methoxy groups -OCH3 is 4. The molecular formula is C22H24N4O5S. The van der Waals surface area contributed by atoms with Gasteiger partial charge in [0.2, 0.25) is 11.1 Å². The average Bonchev–Trinajstić information content (AvgIpc) is 3.29.